The minimum atomic E-state index is -0.801. The molecule has 1 aliphatic heterocycles. The number of anilines is 1. The van der Waals surface area contributed by atoms with E-state index in [-0.39, 0.29) is 36.2 Å². The molecular weight excluding hydrogens is 474 g/mol. The van der Waals surface area contributed by atoms with Crippen LogP contribution in [0.2, 0.25) is 0 Å². The lowest BCUT2D eigenvalue weighted by atomic mass is 10.2. The highest BCUT2D eigenvalue weighted by Gasteiger charge is 2.39. The van der Waals surface area contributed by atoms with Crippen molar-refractivity contribution in [1.29, 1.82) is 0 Å². The summed E-state index contributed by atoms with van der Waals surface area (Å²) in [4.78, 5) is 62.1. The summed E-state index contributed by atoms with van der Waals surface area (Å²) in [6.45, 7) is 10.5. The van der Waals surface area contributed by atoms with E-state index in [0.717, 1.165) is 4.90 Å². The van der Waals surface area contributed by atoms with Crippen molar-refractivity contribution in [2.75, 3.05) is 10.7 Å². The summed E-state index contributed by atoms with van der Waals surface area (Å²) in [5.74, 6) is -0.996. The molecule has 4 amide bonds. The van der Waals surface area contributed by atoms with Crippen LogP contribution in [0.25, 0.3) is 0 Å². The standard InChI is InChI=1S/C24H33N3O7S/c1-23(2,3)33-19(29)8-7-13-35-17-14-18(28)27(21(17)31)16-11-9-15(10-12-16)20(30)25-26-22(32)34-24(4,5)6/h9-12,17H,7-8,13-14H2,1-6H3,(H,25,30)(H,26,32). The van der Waals surface area contributed by atoms with Crippen LogP contribution in [0, 0.1) is 0 Å². The number of esters is 1. The van der Waals surface area contributed by atoms with Gasteiger partial charge in [0.2, 0.25) is 11.8 Å². The number of imide groups is 1. The molecule has 192 valence electrons. The van der Waals surface area contributed by atoms with Gasteiger partial charge in [0.15, 0.2) is 0 Å². The minimum absolute atomic E-state index is 0.0674. The van der Waals surface area contributed by atoms with E-state index in [1.807, 2.05) is 0 Å². The third-order valence-electron chi connectivity index (χ3n) is 4.43. The van der Waals surface area contributed by atoms with Crippen molar-refractivity contribution >= 4 is 47.2 Å². The Morgan fingerprint density at radius 2 is 1.57 bits per heavy atom. The van der Waals surface area contributed by atoms with Gasteiger partial charge in [-0.3, -0.25) is 24.6 Å². The predicted molar refractivity (Wildman–Crippen MR) is 132 cm³/mol. The normalized spacial score (nSPS) is 16.2. The number of hydrogen-bond donors (Lipinski definition) is 2. The number of hydrogen-bond acceptors (Lipinski definition) is 8. The zero-order valence-electron chi connectivity index (χ0n) is 20.9. The molecule has 0 bridgehead atoms. The van der Waals surface area contributed by atoms with Gasteiger partial charge < -0.3 is 9.47 Å². The number of nitrogens with zero attached hydrogens (tertiary/aromatic N) is 1. The van der Waals surface area contributed by atoms with E-state index < -0.39 is 28.5 Å². The molecule has 2 N–H and O–H groups in total. The van der Waals surface area contributed by atoms with Gasteiger partial charge in [-0.2, -0.15) is 0 Å². The SMILES string of the molecule is CC(C)(C)OC(=O)CCCSC1CC(=O)N(c2ccc(C(=O)NNC(=O)OC(C)(C)C)cc2)C1=O. The van der Waals surface area contributed by atoms with Crippen LogP contribution >= 0.6 is 11.8 Å². The van der Waals surface area contributed by atoms with Crippen molar-refractivity contribution in [2.45, 2.75) is 77.3 Å². The molecule has 1 fully saturated rings. The Bertz CT molecular complexity index is 965. The zero-order valence-corrected chi connectivity index (χ0v) is 21.7. The van der Waals surface area contributed by atoms with Crippen LogP contribution < -0.4 is 15.8 Å². The summed E-state index contributed by atoms with van der Waals surface area (Å²) < 4.78 is 10.3. The molecule has 0 radical (unpaired) electrons. The average molecular weight is 508 g/mol. The van der Waals surface area contributed by atoms with Gasteiger partial charge in [0.05, 0.1) is 10.9 Å². The molecule has 0 aliphatic carbocycles. The van der Waals surface area contributed by atoms with Crippen LogP contribution in [0.15, 0.2) is 24.3 Å². The average Bonchev–Trinajstić information content (AvgIpc) is 3.00. The molecule has 0 spiro atoms. The molecule has 1 aliphatic rings. The fraction of sp³-hybridized carbons (Fsp3) is 0.542. The minimum Gasteiger partial charge on any atom is -0.460 e. The summed E-state index contributed by atoms with van der Waals surface area (Å²) in [6, 6.07) is 5.88. The Morgan fingerprint density at radius 3 is 2.14 bits per heavy atom. The second-order valence-corrected chi connectivity index (χ2v) is 11.3. The summed E-state index contributed by atoms with van der Waals surface area (Å²) in [6.07, 6.45) is 0.0524. The first-order chi connectivity index (χ1) is 16.2. The maximum Gasteiger partial charge on any atom is 0.426 e. The fourth-order valence-electron chi connectivity index (χ4n) is 3.09. The molecule has 1 heterocycles. The van der Waals surface area contributed by atoms with Crippen LogP contribution in [0.4, 0.5) is 10.5 Å². The van der Waals surface area contributed by atoms with E-state index in [2.05, 4.69) is 10.9 Å². The van der Waals surface area contributed by atoms with E-state index in [0.29, 0.717) is 17.9 Å². The van der Waals surface area contributed by atoms with Crippen molar-refractivity contribution in [1.82, 2.24) is 10.9 Å². The lowest BCUT2D eigenvalue weighted by Gasteiger charge is -2.20. The molecule has 2 rings (SSSR count). The van der Waals surface area contributed by atoms with Crippen LogP contribution in [0.1, 0.15) is 71.2 Å². The molecule has 1 saturated heterocycles. The second-order valence-electron chi connectivity index (χ2n) is 9.95. The highest BCUT2D eigenvalue weighted by molar-refractivity contribution is 8.00. The molecule has 0 aromatic heterocycles. The van der Waals surface area contributed by atoms with Crippen LogP contribution in [-0.2, 0) is 23.9 Å². The molecule has 10 nitrogen and oxygen atoms in total. The van der Waals surface area contributed by atoms with Gasteiger partial charge in [-0.1, -0.05) is 0 Å². The Balaban J connectivity index is 1.86. The van der Waals surface area contributed by atoms with Crippen LogP contribution in [-0.4, -0.2) is 52.0 Å². The number of hydrazine groups is 1. The Morgan fingerprint density at radius 1 is 0.971 bits per heavy atom. The van der Waals surface area contributed by atoms with Gasteiger partial charge in [-0.05, 0) is 78.0 Å². The van der Waals surface area contributed by atoms with Crippen molar-refractivity contribution < 1.29 is 33.4 Å². The maximum atomic E-state index is 12.8. The largest absolute Gasteiger partial charge is 0.460 e. The second kappa shape index (κ2) is 11.6. The van der Waals surface area contributed by atoms with Gasteiger partial charge in [0, 0.05) is 18.4 Å². The summed E-state index contributed by atoms with van der Waals surface area (Å²) in [5, 5.41) is -0.526. The summed E-state index contributed by atoms with van der Waals surface area (Å²) >= 11 is 1.34. The van der Waals surface area contributed by atoms with Crippen molar-refractivity contribution in [3.63, 3.8) is 0 Å². The lowest BCUT2D eigenvalue weighted by molar-refractivity contribution is -0.154. The van der Waals surface area contributed by atoms with Crippen LogP contribution in [0.3, 0.4) is 0 Å². The monoisotopic (exact) mass is 507 g/mol. The van der Waals surface area contributed by atoms with Crippen molar-refractivity contribution in [2.24, 2.45) is 0 Å². The van der Waals surface area contributed by atoms with Gasteiger partial charge in [-0.15, -0.1) is 11.8 Å². The number of carbonyl (C=O) groups is 5. The number of amides is 4. The molecule has 0 saturated carbocycles. The smallest absolute Gasteiger partial charge is 0.426 e. The van der Waals surface area contributed by atoms with Gasteiger partial charge >= 0.3 is 12.1 Å². The fourth-order valence-corrected chi connectivity index (χ4v) is 4.19. The number of thioether (sulfide) groups is 1. The van der Waals surface area contributed by atoms with E-state index >= 15 is 0 Å². The number of rotatable bonds is 7. The zero-order chi connectivity index (χ0) is 26.4. The Kier molecular flexibility index (Phi) is 9.31. The number of carbonyl (C=O) groups excluding carboxylic acids is 5. The van der Waals surface area contributed by atoms with Crippen molar-refractivity contribution in [3.05, 3.63) is 29.8 Å². The maximum absolute atomic E-state index is 12.8. The molecule has 35 heavy (non-hydrogen) atoms. The molecule has 1 aromatic rings. The van der Waals surface area contributed by atoms with Crippen molar-refractivity contribution in [3.8, 4) is 0 Å². The van der Waals surface area contributed by atoms with E-state index in [9.17, 15) is 24.0 Å². The third-order valence-corrected chi connectivity index (χ3v) is 5.73. The number of ether oxygens (including phenoxy) is 2. The third kappa shape index (κ3) is 9.23. The van der Waals surface area contributed by atoms with E-state index in [1.165, 1.54) is 36.0 Å². The Labute approximate surface area is 209 Å². The Hall–Kier alpha value is -3.08. The topological polar surface area (TPSA) is 131 Å². The van der Waals surface area contributed by atoms with Gasteiger partial charge in [-0.25, -0.2) is 15.1 Å². The quantitative estimate of drug-likeness (QED) is 0.249. The lowest BCUT2D eigenvalue weighted by Crippen LogP contribution is -2.44. The highest BCUT2D eigenvalue weighted by atomic mass is 32.2. The van der Waals surface area contributed by atoms with E-state index in [1.54, 1.807) is 41.5 Å². The summed E-state index contributed by atoms with van der Waals surface area (Å²) in [5.41, 5.74) is 3.72. The molecule has 1 unspecified atom stereocenters. The van der Waals surface area contributed by atoms with Crippen LogP contribution in [0.5, 0.6) is 0 Å². The molecule has 1 aromatic carbocycles. The van der Waals surface area contributed by atoms with E-state index in [4.69, 9.17) is 9.47 Å². The molecular formula is C24H33N3O7S. The number of nitrogens with one attached hydrogen (secondary N) is 2. The number of benzene rings is 1. The van der Waals surface area contributed by atoms with Gasteiger partial charge in [0.1, 0.15) is 11.2 Å². The first-order valence-electron chi connectivity index (χ1n) is 11.3. The first-order valence-corrected chi connectivity index (χ1v) is 12.3. The summed E-state index contributed by atoms with van der Waals surface area (Å²) in [7, 11) is 0. The molecule has 1 atom stereocenters. The van der Waals surface area contributed by atoms with Gasteiger partial charge in [0.25, 0.3) is 5.91 Å². The predicted octanol–water partition coefficient (Wildman–Crippen LogP) is 3.34. The highest BCUT2D eigenvalue weighted by Crippen LogP contribution is 2.30. The molecule has 11 heteroatoms. The first kappa shape index (κ1) is 28.2.